The summed E-state index contributed by atoms with van der Waals surface area (Å²) in [5, 5.41) is 3.47. The molecule has 2 heterocycles. The summed E-state index contributed by atoms with van der Waals surface area (Å²) in [6.07, 6.45) is 7.00. The molecule has 1 aromatic carbocycles. The van der Waals surface area contributed by atoms with Crippen molar-refractivity contribution in [3.05, 3.63) is 54.1 Å². The number of benzene rings is 1. The maximum Gasteiger partial charge on any atom is 0.194 e. The summed E-state index contributed by atoms with van der Waals surface area (Å²) < 4.78 is 7.55. The lowest BCUT2D eigenvalue weighted by Crippen LogP contribution is -2.49. The van der Waals surface area contributed by atoms with Gasteiger partial charge in [-0.1, -0.05) is 31.2 Å². The number of aliphatic imine (C=N–C) groups is 1. The Morgan fingerprint density at radius 1 is 1.32 bits per heavy atom. The van der Waals surface area contributed by atoms with Gasteiger partial charge in [-0.3, -0.25) is 0 Å². The minimum atomic E-state index is 0. The molecular weight excluding hydrogens is 465 g/mol. The molecule has 6 nitrogen and oxygen atoms in total. The Kier molecular flexibility index (Phi) is 9.24. The van der Waals surface area contributed by atoms with Gasteiger partial charge in [0.1, 0.15) is 0 Å². The topological polar surface area (TPSA) is 54.7 Å². The van der Waals surface area contributed by atoms with Crippen LogP contribution in [-0.4, -0.2) is 47.2 Å². The van der Waals surface area contributed by atoms with Crippen molar-refractivity contribution in [1.29, 1.82) is 0 Å². The molecule has 0 aliphatic carbocycles. The van der Waals surface area contributed by atoms with Gasteiger partial charge in [0.2, 0.25) is 0 Å². The minimum absolute atomic E-state index is 0. The highest BCUT2D eigenvalue weighted by Gasteiger charge is 2.28. The first-order valence-corrected chi connectivity index (χ1v) is 9.79. The molecule has 0 radical (unpaired) electrons. The smallest absolute Gasteiger partial charge is 0.194 e. The van der Waals surface area contributed by atoms with E-state index in [4.69, 9.17) is 9.73 Å². The first-order chi connectivity index (χ1) is 13.2. The van der Waals surface area contributed by atoms with Crippen LogP contribution in [0.1, 0.15) is 37.4 Å². The number of ether oxygens (including phenoxy) is 1. The molecule has 154 valence electrons. The highest BCUT2D eigenvalue weighted by Crippen LogP contribution is 2.27. The van der Waals surface area contributed by atoms with Gasteiger partial charge >= 0.3 is 0 Å². The van der Waals surface area contributed by atoms with E-state index in [1.165, 1.54) is 11.1 Å². The van der Waals surface area contributed by atoms with Crippen LogP contribution in [0.15, 0.2) is 48.0 Å². The molecule has 1 saturated heterocycles. The van der Waals surface area contributed by atoms with Crippen LogP contribution in [-0.2, 0) is 17.9 Å². The SMILES string of the molecule is CCNC(=NCc1ccccc1COC)N1CCC(C)C(n2ccnc2)C1.I. The fourth-order valence-corrected chi connectivity index (χ4v) is 3.69. The summed E-state index contributed by atoms with van der Waals surface area (Å²) >= 11 is 0. The molecule has 2 unspecified atom stereocenters. The Morgan fingerprint density at radius 2 is 2.11 bits per heavy atom. The second-order valence-electron chi connectivity index (χ2n) is 7.16. The summed E-state index contributed by atoms with van der Waals surface area (Å²) in [5.74, 6) is 1.61. The Labute approximate surface area is 185 Å². The molecule has 2 atom stereocenters. The predicted molar refractivity (Wildman–Crippen MR) is 124 cm³/mol. The highest BCUT2D eigenvalue weighted by atomic mass is 127. The predicted octanol–water partition coefficient (Wildman–Crippen LogP) is 3.70. The monoisotopic (exact) mass is 497 g/mol. The molecule has 0 spiro atoms. The van der Waals surface area contributed by atoms with Gasteiger partial charge in [0, 0.05) is 39.1 Å². The van der Waals surface area contributed by atoms with Gasteiger partial charge < -0.3 is 19.5 Å². The quantitative estimate of drug-likeness (QED) is 0.376. The Hall–Kier alpha value is -1.61. The molecule has 2 aromatic rings. The maximum atomic E-state index is 5.32. The lowest BCUT2D eigenvalue weighted by atomic mass is 9.93. The second kappa shape index (κ2) is 11.4. The third kappa shape index (κ3) is 5.70. The highest BCUT2D eigenvalue weighted by molar-refractivity contribution is 14.0. The van der Waals surface area contributed by atoms with Crippen LogP contribution in [0.5, 0.6) is 0 Å². The molecule has 1 aliphatic rings. The maximum absolute atomic E-state index is 5.32. The lowest BCUT2D eigenvalue weighted by Gasteiger charge is -2.39. The zero-order chi connectivity index (χ0) is 19.1. The molecule has 1 aliphatic heterocycles. The number of likely N-dealkylation sites (tertiary alicyclic amines) is 1. The van der Waals surface area contributed by atoms with Crippen LogP contribution in [0.2, 0.25) is 0 Å². The van der Waals surface area contributed by atoms with E-state index >= 15 is 0 Å². The van der Waals surface area contributed by atoms with E-state index in [1.807, 2.05) is 12.5 Å². The van der Waals surface area contributed by atoms with Gasteiger partial charge in [0.15, 0.2) is 5.96 Å². The molecular formula is C21H32IN5O. The van der Waals surface area contributed by atoms with E-state index in [2.05, 4.69) is 64.1 Å². The summed E-state index contributed by atoms with van der Waals surface area (Å²) in [6.45, 7) is 8.55. The Morgan fingerprint density at radius 3 is 2.79 bits per heavy atom. The number of hydrogen-bond donors (Lipinski definition) is 1. The molecule has 1 fully saturated rings. The van der Waals surface area contributed by atoms with E-state index < -0.39 is 0 Å². The number of nitrogens with zero attached hydrogens (tertiary/aromatic N) is 4. The summed E-state index contributed by atoms with van der Waals surface area (Å²) in [7, 11) is 1.73. The van der Waals surface area contributed by atoms with Crippen molar-refractivity contribution in [1.82, 2.24) is 19.8 Å². The van der Waals surface area contributed by atoms with Crippen molar-refractivity contribution < 1.29 is 4.74 Å². The van der Waals surface area contributed by atoms with E-state index in [0.717, 1.165) is 32.0 Å². The van der Waals surface area contributed by atoms with E-state index in [0.29, 0.717) is 25.1 Å². The first-order valence-electron chi connectivity index (χ1n) is 9.79. The number of guanidine groups is 1. The third-order valence-corrected chi connectivity index (χ3v) is 5.28. The molecule has 1 aromatic heterocycles. The number of nitrogens with one attached hydrogen (secondary N) is 1. The second-order valence-corrected chi connectivity index (χ2v) is 7.16. The van der Waals surface area contributed by atoms with Crippen molar-refractivity contribution >= 4 is 29.9 Å². The molecule has 0 amide bonds. The van der Waals surface area contributed by atoms with E-state index in [9.17, 15) is 0 Å². The zero-order valence-electron chi connectivity index (χ0n) is 17.0. The fourth-order valence-electron chi connectivity index (χ4n) is 3.69. The summed E-state index contributed by atoms with van der Waals surface area (Å²) in [4.78, 5) is 11.6. The van der Waals surface area contributed by atoms with Crippen molar-refractivity contribution in [2.75, 3.05) is 26.7 Å². The number of methoxy groups -OCH3 is 1. The third-order valence-electron chi connectivity index (χ3n) is 5.28. The van der Waals surface area contributed by atoms with Gasteiger partial charge in [-0.2, -0.15) is 0 Å². The summed E-state index contributed by atoms with van der Waals surface area (Å²) in [6, 6.07) is 8.78. The average molecular weight is 497 g/mol. The number of imidazole rings is 1. The van der Waals surface area contributed by atoms with Crippen molar-refractivity contribution in [2.45, 2.75) is 39.5 Å². The van der Waals surface area contributed by atoms with Gasteiger partial charge in [-0.05, 0) is 30.4 Å². The van der Waals surface area contributed by atoms with Crippen molar-refractivity contribution in [2.24, 2.45) is 10.9 Å². The normalized spacial score (nSPS) is 20.0. The van der Waals surface area contributed by atoms with Gasteiger partial charge in [0.25, 0.3) is 0 Å². The number of aromatic nitrogens is 2. The Balaban J connectivity index is 0.00000280. The zero-order valence-corrected chi connectivity index (χ0v) is 19.4. The molecule has 28 heavy (non-hydrogen) atoms. The van der Waals surface area contributed by atoms with Crippen molar-refractivity contribution in [3.8, 4) is 0 Å². The molecule has 0 saturated carbocycles. The largest absolute Gasteiger partial charge is 0.380 e. The number of halogens is 1. The number of rotatable bonds is 6. The molecule has 7 heteroatoms. The summed E-state index contributed by atoms with van der Waals surface area (Å²) in [5.41, 5.74) is 2.41. The van der Waals surface area contributed by atoms with Crippen LogP contribution in [0, 0.1) is 5.92 Å². The molecule has 0 bridgehead atoms. The number of piperidine rings is 1. The lowest BCUT2D eigenvalue weighted by molar-refractivity contribution is 0.184. The first kappa shape index (κ1) is 22.7. The van der Waals surface area contributed by atoms with Gasteiger partial charge in [-0.15, -0.1) is 24.0 Å². The van der Waals surface area contributed by atoms with Gasteiger partial charge in [0.05, 0.1) is 25.5 Å². The van der Waals surface area contributed by atoms with E-state index in [-0.39, 0.29) is 24.0 Å². The average Bonchev–Trinajstić information content (AvgIpc) is 3.21. The Bertz CT molecular complexity index is 734. The van der Waals surface area contributed by atoms with Crippen LogP contribution in [0.25, 0.3) is 0 Å². The molecule has 1 N–H and O–H groups in total. The van der Waals surface area contributed by atoms with Crippen LogP contribution >= 0.6 is 24.0 Å². The van der Waals surface area contributed by atoms with Crippen LogP contribution in [0.4, 0.5) is 0 Å². The van der Waals surface area contributed by atoms with Crippen LogP contribution < -0.4 is 5.32 Å². The van der Waals surface area contributed by atoms with E-state index in [1.54, 1.807) is 7.11 Å². The molecule has 3 rings (SSSR count). The van der Waals surface area contributed by atoms with Gasteiger partial charge in [-0.25, -0.2) is 9.98 Å². The standard InChI is InChI=1S/C21H31N5O.HI/c1-4-23-21(24-13-18-7-5-6-8-19(18)15-27-3)25-11-9-17(2)20(14-25)26-12-10-22-16-26;/h5-8,10,12,16-17,20H,4,9,11,13-15H2,1-3H3,(H,23,24);1H. The number of hydrogen-bond acceptors (Lipinski definition) is 3. The fraction of sp³-hybridized carbons (Fsp3) is 0.524. The minimum Gasteiger partial charge on any atom is -0.380 e. The van der Waals surface area contributed by atoms with Crippen molar-refractivity contribution in [3.63, 3.8) is 0 Å². The van der Waals surface area contributed by atoms with Crippen LogP contribution in [0.3, 0.4) is 0 Å².